The lowest BCUT2D eigenvalue weighted by Crippen LogP contribution is -2.03. The highest BCUT2D eigenvalue weighted by Gasteiger charge is 2.15. The van der Waals surface area contributed by atoms with Gasteiger partial charge in [0.25, 0.3) is 0 Å². The van der Waals surface area contributed by atoms with Crippen LogP contribution < -0.4 is 4.74 Å². The molecule has 0 aliphatic heterocycles. The molecule has 3 aromatic rings. The number of carbonyl (C=O) groups is 1. The van der Waals surface area contributed by atoms with Gasteiger partial charge in [-0.1, -0.05) is 48.5 Å². The molecule has 3 rings (SSSR count). The molecule has 3 aromatic carbocycles. The topological polar surface area (TPSA) is 35.5 Å². The molecular weight excluding hydrogens is 276 g/mol. The van der Waals surface area contributed by atoms with Crippen LogP contribution in [0.4, 0.5) is 0 Å². The van der Waals surface area contributed by atoms with E-state index in [1.54, 1.807) is 13.2 Å². The molecule has 0 atom stereocenters. The van der Waals surface area contributed by atoms with E-state index in [9.17, 15) is 4.79 Å². The van der Waals surface area contributed by atoms with E-state index in [1.807, 2.05) is 54.6 Å². The Labute approximate surface area is 129 Å². The fraction of sp³-hybridized carbons (Fsp3) is 0.105. The summed E-state index contributed by atoms with van der Waals surface area (Å²) in [4.78, 5) is 12.0. The molecule has 0 N–H and O–H groups in total. The molecule has 110 valence electrons. The Morgan fingerprint density at radius 1 is 0.773 bits per heavy atom. The quantitative estimate of drug-likeness (QED) is 0.675. The van der Waals surface area contributed by atoms with Crippen LogP contribution in [0.3, 0.4) is 0 Å². The third-order valence-corrected chi connectivity index (χ3v) is 3.73. The maximum absolute atomic E-state index is 12.0. The maximum atomic E-state index is 12.0. The second-order valence-electron chi connectivity index (χ2n) is 4.90. The average molecular weight is 292 g/mol. The second-order valence-corrected chi connectivity index (χ2v) is 4.90. The molecule has 0 amide bonds. The smallest absolute Gasteiger partial charge is 0.338 e. The van der Waals surface area contributed by atoms with E-state index in [0.717, 1.165) is 27.6 Å². The minimum absolute atomic E-state index is 0.338. The molecule has 3 nitrogen and oxygen atoms in total. The van der Waals surface area contributed by atoms with Gasteiger partial charge < -0.3 is 9.47 Å². The van der Waals surface area contributed by atoms with E-state index in [-0.39, 0.29) is 5.97 Å². The van der Waals surface area contributed by atoms with Crippen LogP contribution in [0.5, 0.6) is 5.75 Å². The lowest BCUT2D eigenvalue weighted by Gasteiger charge is -2.13. The van der Waals surface area contributed by atoms with Crippen LogP contribution in [0.25, 0.3) is 21.9 Å². The molecule has 0 radical (unpaired) electrons. The minimum Gasteiger partial charge on any atom is -0.496 e. The summed E-state index contributed by atoms with van der Waals surface area (Å²) in [6.45, 7) is 0. The molecule has 22 heavy (non-hydrogen) atoms. The third-order valence-electron chi connectivity index (χ3n) is 3.73. The summed E-state index contributed by atoms with van der Waals surface area (Å²) in [6.07, 6.45) is 0. The standard InChI is InChI=1S/C19H16O3/c1-21-18-12-11-15(13-7-3-5-9-16(13)18)14-8-4-6-10-17(14)19(20)22-2/h3-12H,1-2H3. The summed E-state index contributed by atoms with van der Waals surface area (Å²) >= 11 is 0. The first-order chi connectivity index (χ1) is 10.8. The summed E-state index contributed by atoms with van der Waals surface area (Å²) in [7, 11) is 3.05. The van der Waals surface area contributed by atoms with Crippen molar-refractivity contribution in [1.29, 1.82) is 0 Å². The molecule has 0 unspecified atom stereocenters. The van der Waals surface area contributed by atoms with Crippen LogP contribution in [-0.4, -0.2) is 20.2 Å². The van der Waals surface area contributed by atoms with E-state index >= 15 is 0 Å². The highest BCUT2D eigenvalue weighted by atomic mass is 16.5. The first kappa shape index (κ1) is 14.1. The molecule has 0 saturated heterocycles. The maximum Gasteiger partial charge on any atom is 0.338 e. The second kappa shape index (κ2) is 5.90. The molecule has 0 spiro atoms. The zero-order valence-corrected chi connectivity index (χ0v) is 12.5. The van der Waals surface area contributed by atoms with Gasteiger partial charge in [0.15, 0.2) is 0 Å². The lowest BCUT2D eigenvalue weighted by molar-refractivity contribution is 0.0601. The Hall–Kier alpha value is -2.81. The number of hydrogen-bond acceptors (Lipinski definition) is 3. The van der Waals surface area contributed by atoms with E-state index in [4.69, 9.17) is 9.47 Å². The van der Waals surface area contributed by atoms with Crippen LogP contribution in [0.15, 0.2) is 60.7 Å². The molecule has 0 bridgehead atoms. The Bertz CT molecular complexity index is 837. The number of methoxy groups -OCH3 is 2. The Balaban J connectivity index is 2.31. The van der Waals surface area contributed by atoms with Crippen LogP contribution in [0.1, 0.15) is 10.4 Å². The van der Waals surface area contributed by atoms with Gasteiger partial charge in [0.2, 0.25) is 0 Å². The third kappa shape index (κ3) is 2.31. The van der Waals surface area contributed by atoms with Gasteiger partial charge in [-0.2, -0.15) is 0 Å². The minimum atomic E-state index is -0.338. The van der Waals surface area contributed by atoms with Crippen LogP contribution >= 0.6 is 0 Å². The fourth-order valence-electron chi connectivity index (χ4n) is 2.69. The number of fused-ring (bicyclic) bond motifs is 1. The number of ether oxygens (including phenoxy) is 2. The van der Waals surface area contributed by atoms with Crippen LogP contribution in [0, 0.1) is 0 Å². The van der Waals surface area contributed by atoms with Gasteiger partial charge in [0.1, 0.15) is 5.75 Å². The fourth-order valence-corrected chi connectivity index (χ4v) is 2.69. The average Bonchev–Trinajstić information content (AvgIpc) is 2.60. The highest BCUT2D eigenvalue weighted by molar-refractivity contribution is 6.05. The van der Waals surface area contributed by atoms with Crippen molar-refractivity contribution in [2.24, 2.45) is 0 Å². The largest absolute Gasteiger partial charge is 0.496 e. The monoisotopic (exact) mass is 292 g/mol. The molecule has 0 saturated carbocycles. The van der Waals surface area contributed by atoms with Gasteiger partial charge in [-0.15, -0.1) is 0 Å². The van der Waals surface area contributed by atoms with E-state index in [1.165, 1.54) is 7.11 Å². The number of rotatable bonds is 3. The van der Waals surface area contributed by atoms with Crippen molar-refractivity contribution in [2.45, 2.75) is 0 Å². The Morgan fingerprint density at radius 3 is 2.18 bits per heavy atom. The van der Waals surface area contributed by atoms with E-state index in [0.29, 0.717) is 5.56 Å². The summed E-state index contributed by atoms with van der Waals surface area (Å²) in [5.74, 6) is 0.477. The first-order valence-corrected chi connectivity index (χ1v) is 6.99. The highest BCUT2D eigenvalue weighted by Crippen LogP contribution is 2.35. The molecular formula is C19H16O3. The number of esters is 1. The zero-order valence-electron chi connectivity index (χ0n) is 12.5. The van der Waals surface area contributed by atoms with Crippen molar-refractivity contribution in [3.05, 3.63) is 66.2 Å². The number of carbonyl (C=O) groups excluding carboxylic acids is 1. The van der Waals surface area contributed by atoms with Crippen LogP contribution in [-0.2, 0) is 4.74 Å². The summed E-state index contributed by atoms with van der Waals surface area (Å²) in [6, 6.07) is 19.4. The molecule has 0 heterocycles. The van der Waals surface area contributed by atoms with Crippen molar-refractivity contribution < 1.29 is 14.3 Å². The number of hydrogen-bond donors (Lipinski definition) is 0. The van der Waals surface area contributed by atoms with Gasteiger partial charge >= 0.3 is 5.97 Å². The van der Waals surface area contributed by atoms with Crippen molar-refractivity contribution in [1.82, 2.24) is 0 Å². The predicted octanol–water partition coefficient (Wildman–Crippen LogP) is 4.30. The first-order valence-electron chi connectivity index (χ1n) is 6.99. The molecule has 3 heteroatoms. The number of benzene rings is 3. The molecule has 0 aliphatic rings. The Kier molecular flexibility index (Phi) is 3.79. The van der Waals surface area contributed by atoms with Crippen LogP contribution in [0.2, 0.25) is 0 Å². The molecule has 0 fully saturated rings. The van der Waals surface area contributed by atoms with Gasteiger partial charge in [-0.3, -0.25) is 0 Å². The van der Waals surface area contributed by atoms with Crippen molar-refractivity contribution in [3.8, 4) is 16.9 Å². The van der Waals surface area contributed by atoms with Gasteiger partial charge in [-0.05, 0) is 28.6 Å². The summed E-state index contributed by atoms with van der Waals surface area (Å²) in [5.41, 5.74) is 2.39. The van der Waals surface area contributed by atoms with E-state index < -0.39 is 0 Å². The Morgan fingerprint density at radius 2 is 1.45 bits per heavy atom. The summed E-state index contributed by atoms with van der Waals surface area (Å²) in [5, 5.41) is 2.06. The molecule has 0 aliphatic carbocycles. The van der Waals surface area contributed by atoms with Gasteiger partial charge in [0, 0.05) is 5.39 Å². The molecule has 0 aromatic heterocycles. The van der Waals surface area contributed by atoms with Crippen molar-refractivity contribution in [2.75, 3.05) is 14.2 Å². The lowest BCUT2D eigenvalue weighted by atomic mass is 9.94. The zero-order chi connectivity index (χ0) is 15.5. The van der Waals surface area contributed by atoms with Crippen molar-refractivity contribution in [3.63, 3.8) is 0 Å². The normalized spacial score (nSPS) is 10.5. The SMILES string of the molecule is COC(=O)c1ccccc1-c1ccc(OC)c2ccccc12. The van der Waals surface area contributed by atoms with E-state index in [2.05, 4.69) is 0 Å². The van der Waals surface area contributed by atoms with Crippen molar-refractivity contribution >= 4 is 16.7 Å². The summed E-state index contributed by atoms with van der Waals surface area (Å²) < 4.78 is 10.3. The van der Waals surface area contributed by atoms with Gasteiger partial charge in [-0.25, -0.2) is 4.79 Å². The predicted molar refractivity (Wildman–Crippen MR) is 87.3 cm³/mol. The van der Waals surface area contributed by atoms with Gasteiger partial charge in [0.05, 0.1) is 19.8 Å².